The summed E-state index contributed by atoms with van der Waals surface area (Å²) in [7, 11) is 1.92. The molecule has 0 fully saturated rings. The average Bonchev–Trinajstić information content (AvgIpc) is 2.61. The molecule has 6 heteroatoms. The molecule has 0 unspecified atom stereocenters. The molecule has 0 aliphatic carbocycles. The molecule has 70 valence electrons. The van der Waals surface area contributed by atoms with Crippen molar-refractivity contribution in [3.05, 3.63) is 11.3 Å². The van der Waals surface area contributed by atoms with Crippen LogP contribution in [-0.2, 0) is 5.54 Å². The van der Waals surface area contributed by atoms with Crippen molar-refractivity contribution in [2.75, 3.05) is 7.05 Å². The van der Waals surface area contributed by atoms with Crippen LogP contribution in [0.5, 0.6) is 0 Å². The van der Waals surface area contributed by atoms with Gasteiger partial charge in [0.15, 0.2) is 0 Å². The molecule has 0 amide bonds. The fraction of sp³-hybridized carbons (Fsp3) is 0.571. The van der Waals surface area contributed by atoms with Gasteiger partial charge in [-0.3, -0.25) is 0 Å². The quantitative estimate of drug-likeness (QED) is 0.767. The number of rotatable bonds is 2. The zero-order valence-corrected chi connectivity index (χ0v) is 8.59. The molecule has 0 saturated heterocycles. The van der Waals surface area contributed by atoms with Crippen LogP contribution in [0.2, 0.25) is 0 Å². The fourth-order valence-electron chi connectivity index (χ4n) is 0.919. The van der Waals surface area contributed by atoms with E-state index < -0.39 is 0 Å². The van der Waals surface area contributed by atoms with Gasteiger partial charge in [0.25, 0.3) is 0 Å². The van der Waals surface area contributed by atoms with Crippen molar-refractivity contribution in [1.29, 1.82) is 0 Å². The predicted octanol–water partition coefficient (Wildman–Crippen LogP) is 0.640. The highest BCUT2D eigenvalue weighted by molar-refractivity contribution is 7.16. The van der Waals surface area contributed by atoms with Gasteiger partial charge in [0.1, 0.15) is 11.3 Å². The molecular formula is C7H11N5S. The molecular weight excluding hydrogens is 186 g/mol. The first-order valence-corrected chi connectivity index (χ1v) is 4.81. The topological polar surface area (TPSA) is 55.1 Å². The maximum atomic E-state index is 4.36. The molecule has 2 aromatic rings. The third kappa shape index (κ3) is 1.31. The lowest BCUT2D eigenvalue weighted by Crippen LogP contribution is -2.33. The summed E-state index contributed by atoms with van der Waals surface area (Å²) in [4.78, 5) is 0.832. The average molecular weight is 197 g/mol. The summed E-state index contributed by atoms with van der Waals surface area (Å²) in [6, 6.07) is 0. The van der Waals surface area contributed by atoms with Gasteiger partial charge in [-0.1, -0.05) is 11.3 Å². The van der Waals surface area contributed by atoms with Gasteiger partial charge in [0.05, 0.1) is 5.54 Å². The van der Waals surface area contributed by atoms with Crippen molar-refractivity contribution in [2.45, 2.75) is 19.4 Å². The van der Waals surface area contributed by atoms with E-state index in [-0.39, 0.29) is 5.54 Å². The predicted molar refractivity (Wildman–Crippen MR) is 50.7 cm³/mol. The number of nitrogens with one attached hydrogen (secondary N) is 1. The molecule has 0 bridgehead atoms. The Morgan fingerprint density at radius 1 is 1.54 bits per heavy atom. The third-order valence-electron chi connectivity index (χ3n) is 2.05. The Labute approximate surface area is 79.8 Å². The van der Waals surface area contributed by atoms with Gasteiger partial charge in [-0.25, -0.2) is 0 Å². The molecule has 2 heterocycles. The minimum atomic E-state index is -0.106. The van der Waals surface area contributed by atoms with Crippen LogP contribution in [0.3, 0.4) is 0 Å². The molecule has 0 saturated carbocycles. The van der Waals surface area contributed by atoms with Crippen LogP contribution < -0.4 is 5.32 Å². The van der Waals surface area contributed by atoms with Gasteiger partial charge in [-0.15, -0.1) is 10.2 Å². The summed E-state index contributed by atoms with van der Waals surface area (Å²) < 4.78 is 1.69. The van der Waals surface area contributed by atoms with Crippen molar-refractivity contribution >= 4 is 16.3 Å². The summed E-state index contributed by atoms with van der Waals surface area (Å²) in [5.74, 6) is 0. The second-order valence-electron chi connectivity index (χ2n) is 3.34. The van der Waals surface area contributed by atoms with Crippen LogP contribution in [0, 0.1) is 0 Å². The molecule has 1 N–H and O–H groups in total. The molecule has 0 aliphatic rings. The Balaban J connectivity index is 2.50. The maximum absolute atomic E-state index is 4.36. The smallest absolute Gasteiger partial charge is 0.234 e. The van der Waals surface area contributed by atoms with Crippen LogP contribution in [0.25, 0.3) is 4.96 Å². The Morgan fingerprint density at radius 3 is 2.92 bits per heavy atom. The number of aromatic nitrogens is 4. The lowest BCUT2D eigenvalue weighted by molar-refractivity contribution is 0.437. The SMILES string of the molecule is CNC(C)(C)c1nn2cnnc2s1. The molecule has 2 aromatic heterocycles. The molecule has 13 heavy (non-hydrogen) atoms. The zero-order chi connectivity index (χ0) is 9.47. The highest BCUT2D eigenvalue weighted by Crippen LogP contribution is 2.23. The van der Waals surface area contributed by atoms with Crippen molar-refractivity contribution in [3.63, 3.8) is 0 Å². The Bertz CT molecular complexity index is 387. The van der Waals surface area contributed by atoms with Crippen LogP contribution in [0.4, 0.5) is 0 Å². The molecule has 0 aliphatic heterocycles. The number of hydrogen-bond donors (Lipinski definition) is 1. The molecule has 0 spiro atoms. The van der Waals surface area contributed by atoms with E-state index in [1.54, 1.807) is 22.2 Å². The number of fused-ring (bicyclic) bond motifs is 1. The van der Waals surface area contributed by atoms with E-state index in [9.17, 15) is 0 Å². The normalized spacial score (nSPS) is 12.5. The van der Waals surface area contributed by atoms with E-state index in [1.165, 1.54) is 0 Å². The van der Waals surface area contributed by atoms with E-state index >= 15 is 0 Å². The first-order valence-electron chi connectivity index (χ1n) is 4.00. The van der Waals surface area contributed by atoms with Crippen LogP contribution in [-0.4, -0.2) is 26.9 Å². The van der Waals surface area contributed by atoms with E-state index in [1.807, 2.05) is 7.05 Å². The summed E-state index contributed by atoms with van der Waals surface area (Å²) in [5, 5.41) is 16.3. The molecule has 0 radical (unpaired) electrons. The van der Waals surface area contributed by atoms with Crippen molar-refractivity contribution in [2.24, 2.45) is 0 Å². The maximum Gasteiger partial charge on any atom is 0.234 e. The van der Waals surface area contributed by atoms with Gasteiger partial charge >= 0.3 is 0 Å². The van der Waals surface area contributed by atoms with Crippen molar-refractivity contribution in [3.8, 4) is 0 Å². The van der Waals surface area contributed by atoms with E-state index in [0.717, 1.165) is 9.97 Å². The first-order chi connectivity index (χ1) is 6.13. The van der Waals surface area contributed by atoms with E-state index in [2.05, 4.69) is 34.5 Å². The number of hydrogen-bond acceptors (Lipinski definition) is 5. The minimum absolute atomic E-state index is 0.106. The van der Waals surface area contributed by atoms with Gasteiger partial charge in [-0.2, -0.15) is 9.61 Å². The third-order valence-corrected chi connectivity index (χ3v) is 3.28. The van der Waals surface area contributed by atoms with Gasteiger partial charge < -0.3 is 5.32 Å². The first kappa shape index (κ1) is 8.58. The molecule has 0 atom stereocenters. The van der Waals surface area contributed by atoms with Crippen molar-refractivity contribution < 1.29 is 0 Å². The van der Waals surface area contributed by atoms with Crippen LogP contribution in [0.15, 0.2) is 6.33 Å². The standard InChI is InChI=1S/C7H11N5S/c1-7(2,8-3)5-11-12-4-9-10-6(12)13-5/h4,8H,1-3H3. The molecule has 5 nitrogen and oxygen atoms in total. The Morgan fingerprint density at radius 2 is 2.31 bits per heavy atom. The second kappa shape index (κ2) is 2.74. The fourth-order valence-corrected chi connectivity index (χ4v) is 1.85. The van der Waals surface area contributed by atoms with Gasteiger partial charge in [0.2, 0.25) is 4.96 Å². The lowest BCUT2D eigenvalue weighted by atomic mass is 10.1. The molecule has 2 rings (SSSR count). The summed E-state index contributed by atoms with van der Waals surface area (Å²) >= 11 is 1.55. The summed E-state index contributed by atoms with van der Waals surface area (Å²) in [6.45, 7) is 4.16. The highest BCUT2D eigenvalue weighted by Gasteiger charge is 2.23. The van der Waals surface area contributed by atoms with E-state index in [4.69, 9.17) is 0 Å². The summed E-state index contributed by atoms with van der Waals surface area (Å²) in [6.07, 6.45) is 1.61. The van der Waals surface area contributed by atoms with Gasteiger partial charge in [0, 0.05) is 0 Å². The molecule has 0 aromatic carbocycles. The zero-order valence-electron chi connectivity index (χ0n) is 7.77. The minimum Gasteiger partial charge on any atom is -0.309 e. The Hall–Kier alpha value is -1.01. The monoisotopic (exact) mass is 197 g/mol. The lowest BCUT2D eigenvalue weighted by Gasteiger charge is -2.19. The number of nitrogens with zero attached hydrogens (tertiary/aromatic N) is 4. The van der Waals surface area contributed by atoms with Crippen LogP contribution in [0.1, 0.15) is 18.9 Å². The largest absolute Gasteiger partial charge is 0.309 e. The second-order valence-corrected chi connectivity index (χ2v) is 4.30. The van der Waals surface area contributed by atoms with Gasteiger partial charge in [-0.05, 0) is 20.9 Å². The summed E-state index contributed by atoms with van der Waals surface area (Å²) in [5.41, 5.74) is -0.106. The van der Waals surface area contributed by atoms with Crippen LogP contribution >= 0.6 is 11.3 Å². The van der Waals surface area contributed by atoms with Crippen molar-refractivity contribution in [1.82, 2.24) is 25.1 Å². The van der Waals surface area contributed by atoms with E-state index in [0.29, 0.717) is 0 Å². The Kier molecular flexibility index (Phi) is 1.81. The highest BCUT2D eigenvalue weighted by atomic mass is 32.1.